The first kappa shape index (κ1) is 14.5. The lowest BCUT2D eigenvalue weighted by Gasteiger charge is -1.99. The largest absolute Gasteiger partial charge is 0.477 e. The number of H-pyrrole nitrogens is 1. The molecular formula is C12H15ClN2O3. The lowest BCUT2D eigenvalue weighted by molar-refractivity contribution is 0.0690. The maximum Gasteiger partial charge on any atom is 0.354 e. The molecule has 6 heteroatoms. The van der Waals surface area contributed by atoms with Crippen LogP contribution in [-0.4, -0.2) is 34.8 Å². The first-order valence-corrected chi connectivity index (χ1v) is 5.40. The summed E-state index contributed by atoms with van der Waals surface area (Å²) in [5, 5.41) is 9.81. The number of halogens is 1. The van der Waals surface area contributed by atoms with Gasteiger partial charge in [0, 0.05) is 37.0 Å². The molecule has 0 aromatic carbocycles. The quantitative estimate of drug-likeness (QED) is 0.817. The maximum absolute atomic E-state index is 10.8. The molecule has 0 atom stereocenters. The Balaban J connectivity index is 0.00000162. The van der Waals surface area contributed by atoms with Crippen molar-refractivity contribution in [1.82, 2.24) is 9.97 Å². The SMILES string of the molecule is COCCCc1c[nH]c2cc(C(=O)O)ncc12.Cl. The van der Waals surface area contributed by atoms with Crippen molar-refractivity contribution in [2.45, 2.75) is 12.8 Å². The highest BCUT2D eigenvalue weighted by molar-refractivity contribution is 5.91. The second-order valence-corrected chi connectivity index (χ2v) is 3.83. The minimum absolute atomic E-state index is 0. The van der Waals surface area contributed by atoms with Gasteiger partial charge in [-0.3, -0.25) is 0 Å². The summed E-state index contributed by atoms with van der Waals surface area (Å²) in [6.07, 6.45) is 5.33. The summed E-state index contributed by atoms with van der Waals surface area (Å²) >= 11 is 0. The van der Waals surface area contributed by atoms with Crippen LogP contribution in [0.4, 0.5) is 0 Å². The number of aromatic nitrogens is 2. The molecule has 98 valence electrons. The lowest BCUT2D eigenvalue weighted by atomic mass is 10.1. The molecule has 0 amide bonds. The van der Waals surface area contributed by atoms with Crippen molar-refractivity contribution in [2.75, 3.05) is 13.7 Å². The zero-order valence-corrected chi connectivity index (χ0v) is 10.8. The van der Waals surface area contributed by atoms with E-state index in [0.717, 1.165) is 29.3 Å². The topological polar surface area (TPSA) is 75.2 Å². The minimum atomic E-state index is -1.01. The fourth-order valence-electron chi connectivity index (χ4n) is 1.80. The fraction of sp³-hybridized carbons (Fsp3) is 0.333. The highest BCUT2D eigenvalue weighted by Gasteiger charge is 2.09. The number of nitrogens with one attached hydrogen (secondary N) is 1. The van der Waals surface area contributed by atoms with Gasteiger partial charge in [0.25, 0.3) is 0 Å². The van der Waals surface area contributed by atoms with E-state index in [1.807, 2.05) is 6.20 Å². The molecule has 2 aromatic rings. The summed E-state index contributed by atoms with van der Waals surface area (Å²) in [5.41, 5.74) is 2.01. The van der Waals surface area contributed by atoms with Crippen molar-refractivity contribution in [3.05, 3.63) is 29.7 Å². The molecule has 0 aliphatic carbocycles. The minimum Gasteiger partial charge on any atom is -0.477 e. The van der Waals surface area contributed by atoms with Crippen molar-refractivity contribution >= 4 is 29.3 Å². The van der Waals surface area contributed by atoms with Gasteiger partial charge in [0.15, 0.2) is 0 Å². The number of pyridine rings is 1. The highest BCUT2D eigenvalue weighted by Crippen LogP contribution is 2.19. The Kier molecular flexibility index (Phi) is 5.12. The van der Waals surface area contributed by atoms with Crippen molar-refractivity contribution in [1.29, 1.82) is 0 Å². The van der Waals surface area contributed by atoms with Crippen molar-refractivity contribution in [3.63, 3.8) is 0 Å². The zero-order valence-electron chi connectivity index (χ0n) is 9.97. The van der Waals surface area contributed by atoms with Crippen LogP contribution in [-0.2, 0) is 11.2 Å². The summed E-state index contributed by atoms with van der Waals surface area (Å²) in [7, 11) is 1.68. The van der Waals surface area contributed by atoms with E-state index in [2.05, 4.69) is 9.97 Å². The molecule has 0 fully saturated rings. The molecule has 0 saturated heterocycles. The third-order valence-corrected chi connectivity index (χ3v) is 2.67. The number of nitrogens with zero attached hydrogens (tertiary/aromatic N) is 1. The van der Waals surface area contributed by atoms with Gasteiger partial charge in [-0.05, 0) is 24.5 Å². The zero-order chi connectivity index (χ0) is 12.3. The van der Waals surface area contributed by atoms with E-state index in [-0.39, 0.29) is 18.1 Å². The van der Waals surface area contributed by atoms with Crippen molar-refractivity contribution in [2.24, 2.45) is 0 Å². The van der Waals surface area contributed by atoms with E-state index in [0.29, 0.717) is 6.61 Å². The molecule has 2 aromatic heterocycles. The number of aromatic amines is 1. The Morgan fingerprint density at radius 1 is 1.56 bits per heavy atom. The summed E-state index contributed by atoms with van der Waals surface area (Å²) in [6, 6.07) is 1.55. The van der Waals surface area contributed by atoms with Crippen molar-refractivity contribution < 1.29 is 14.6 Å². The number of carboxylic acids is 1. The number of methoxy groups -OCH3 is 1. The predicted octanol–water partition coefficient (Wildman–Crippen LogP) is 2.26. The number of ether oxygens (including phenoxy) is 1. The molecule has 2 N–H and O–H groups in total. The molecule has 0 spiro atoms. The third kappa shape index (κ3) is 3.00. The van der Waals surface area contributed by atoms with Gasteiger partial charge in [0.05, 0.1) is 0 Å². The molecular weight excluding hydrogens is 256 g/mol. The van der Waals surface area contributed by atoms with Crippen LogP contribution in [0, 0.1) is 0 Å². The predicted molar refractivity (Wildman–Crippen MR) is 70.5 cm³/mol. The van der Waals surface area contributed by atoms with Gasteiger partial charge >= 0.3 is 5.97 Å². The molecule has 18 heavy (non-hydrogen) atoms. The van der Waals surface area contributed by atoms with Crippen LogP contribution >= 0.6 is 12.4 Å². The Hall–Kier alpha value is -1.59. The number of hydrogen-bond donors (Lipinski definition) is 2. The number of hydrogen-bond acceptors (Lipinski definition) is 3. The average Bonchev–Trinajstić information content (AvgIpc) is 2.72. The summed E-state index contributed by atoms with van der Waals surface area (Å²) in [6.45, 7) is 0.716. The van der Waals surface area contributed by atoms with Crippen molar-refractivity contribution in [3.8, 4) is 0 Å². The second-order valence-electron chi connectivity index (χ2n) is 3.83. The van der Waals surface area contributed by atoms with Gasteiger partial charge in [-0.1, -0.05) is 0 Å². The molecule has 5 nitrogen and oxygen atoms in total. The van der Waals surface area contributed by atoms with E-state index < -0.39 is 5.97 Å². The molecule has 0 aliphatic rings. The molecule has 0 saturated carbocycles. The van der Waals surface area contributed by atoms with E-state index in [1.165, 1.54) is 0 Å². The van der Waals surface area contributed by atoms with Crippen LogP contribution in [0.25, 0.3) is 10.9 Å². The third-order valence-electron chi connectivity index (χ3n) is 2.67. The monoisotopic (exact) mass is 270 g/mol. The van der Waals surface area contributed by atoms with E-state index >= 15 is 0 Å². The van der Waals surface area contributed by atoms with Gasteiger partial charge in [-0.2, -0.15) is 0 Å². The van der Waals surface area contributed by atoms with E-state index in [1.54, 1.807) is 19.4 Å². The molecule has 2 heterocycles. The highest BCUT2D eigenvalue weighted by atomic mass is 35.5. The van der Waals surface area contributed by atoms with E-state index in [9.17, 15) is 4.79 Å². The molecule has 2 rings (SSSR count). The first-order chi connectivity index (χ1) is 8.22. The Bertz CT molecular complexity index is 539. The molecule has 0 aliphatic heterocycles. The van der Waals surface area contributed by atoms with Crippen LogP contribution in [0.15, 0.2) is 18.5 Å². The fourth-order valence-corrected chi connectivity index (χ4v) is 1.80. The van der Waals surface area contributed by atoms with Gasteiger partial charge in [0.2, 0.25) is 0 Å². The summed E-state index contributed by atoms with van der Waals surface area (Å²) in [5.74, 6) is -1.01. The normalized spacial score (nSPS) is 10.3. The van der Waals surface area contributed by atoms with Crippen LogP contribution in [0.5, 0.6) is 0 Å². The number of fused-ring (bicyclic) bond motifs is 1. The number of carbonyl (C=O) groups is 1. The number of aromatic carboxylic acids is 1. The number of rotatable bonds is 5. The van der Waals surface area contributed by atoms with E-state index in [4.69, 9.17) is 9.84 Å². The molecule has 0 unspecified atom stereocenters. The Morgan fingerprint density at radius 3 is 3.00 bits per heavy atom. The number of carboxylic acid groups (broad SMARTS) is 1. The molecule has 0 bridgehead atoms. The van der Waals surface area contributed by atoms with Crippen LogP contribution in [0.1, 0.15) is 22.5 Å². The summed E-state index contributed by atoms with van der Waals surface area (Å²) in [4.78, 5) is 17.8. The Labute approximate surface area is 111 Å². The van der Waals surface area contributed by atoms with Gasteiger partial charge in [0.1, 0.15) is 5.69 Å². The van der Waals surface area contributed by atoms with Gasteiger partial charge in [-0.25, -0.2) is 9.78 Å². The average molecular weight is 271 g/mol. The summed E-state index contributed by atoms with van der Waals surface area (Å²) < 4.78 is 5.00. The first-order valence-electron chi connectivity index (χ1n) is 5.40. The van der Waals surface area contributed by atoms with Gasteiger partial charge < -0.3 is 14.8 Å². The maximum atomic E-state index is 10.8. The Morgan fingerprint density at radius 2 is 2.33 bits per heavy atom. The standard InChI is InChI=1S/C12H14N2O3.ClH/c1-17-4-2-3-8-6-13-10-5-11(12(15)16)14-7-9(8)10;/h5-7,13H,2-4H2,1H3,(H,15,16);1H. The number of aryl methyl sites for hydroxylation is 1. The lowest BCUT2D eigenvalue weighted by Crippen LogP contribution is -1.99. The van der Waals surface area contributed by atoms with Crippen LogP contribution in [0.3, 0.4) is 0 Å². The smallest absolute Gasteiger partial charge is 0.354 e. The molecule has 0 radical (unpaired) electrons. The second kappa shape index (κ2) is 6.37. The van der Waals surface area contributed by atoms with Gasteiger partial charge in [-0.15, -0.1) is 12.4 Å². The van der Waals surface area contributed by atoms with Crippen LogP contribution in [0.2, 0.25) is 0 Å². The van der Waals surface area contributed by atoms with Crippen LogP contribution < -0.4 is 0 Å².